The number of carbonyl (C=O) groups excluding carboxylic acids is 1. The van der Waals surface area contributed by atoms with Gasteiger partial charge in [-0.1, -0.05) is 18.6 Å². The van der Waals surface area contributed by atoms with Crippen molar-refractivity contribution in [2.75, 3.05) is 19.6 Å². The highest BCUT2D eigenvalue weighted by molar-refractivity contribution is 7.17. The van der Waals surface area contributed by atoms with Crippen LogP contribution in [0.15, 0.2) is 24.3 Å². The monoisotopic (exact) mass is 387 g/mol. The fourth-order valence-corrected chi connectivity index (χ4v) is 5.49. The Morgan fingerprint density at radius 2 is 2.07 bits per heavy atom. The Balaban J connectivity index is 1.43. The molecular formula is C21H26FN3OS. The molecule has 2 aliphatic rings. The highest BCUT2D eigenvalue weighted by atomic mass is 32.1. The number of hydrogen-bond acceptors (Lipinski definition) is 4. The van der Waals surface area contributed by atoms with Crippen molar-refractivity contribution in [3.05, 3.63) is 40.7 Å². The maximum atomic E-state index is 14.0. The molecule has 4 nitrogen and oxygen atoms in total. The van der Waals surface area contributed by atoms with Crippen LogP contribution in [0.4, 0.5) is 4.39 Å². The van der Waals surface area contributed by atoms with Gasteiger partial charge in [0.1, 0.15) is 15.7 Å². The lowest BCUT2D eigenvalue weighted by molar-refractivity contribution is 0.0576. The number of amides is 1. The van der Waals surface area contributed by atoms with Gasteiger partial charge >= 0.3 is 0 Å². The van der Waals surface area contributed by atoms with E-state index in [1.165, 1.54) is 62.6 Å². The summed E-state index contributed by atoms with van der Waals surface area (Å²) in [6, 6.07) is 7.18. The molecule has 4 rings (SSSR count). The molecule has 0 spiro atoms. The summed E-state index contributed by atoms with van der Waals surface area (Å²) in [7, 11) is 0. The second kappa shape index (κ2) is 8.07. The molecule has 2 unspecified atom stereocenters. The van der Waals surface area contributed by atoms with Crippen LogP contribution in [0.3, 0.4) is 0 Å². The first kappa shape index (κ1) is 18.6. The average molecular weight is 388 g/mol. The first-order valence-electron chi connectivity index (χ1n) is 9.88. The zero-order chi connectivity index (χ0) is 18.8. The van der Waals surface area contributed by atoms with Gasteiger partial charge in [0.15, 0.2) is 0 Å². The standard InChI is InChI=1S/C21H26FN3OS/c1-14-19(27-21(24-14)16-8-2-3-9-17(16)22)20(26)23-13-15-7-6-12-25-11-5-4-10-18(15)25/h2-3,8-9,15,18H,4-7,10-13H2,1H3,(H,23,26). The highest BCUT2D eigenvalue weighted by Gasteiger charge is 2.33. The van der Waals surface area contributed by atoms with E-state index in [0.29, 0.717) is 39.6 Å². The molecule has 2 aromatic rings. The molecule has 2 aliphatic heterocycles. The van der Waals surface area contributed by atoms with Crippen LogP contribution < -0.4 is 5.32 Å². The van der Waals surface area contributed by atoms with Gasteiger partial charge < -0.3 is 10.2 Å². The van der Waals surface area contributed by atoms with Crippen molar-refractivity contribution in [3.63, 3.8) is 0 Å². The van der Waals surface area contributed by atoms with E-state index >= 15 is 0 Å². The van der Waals surface area contributed by atoms with Gasteiger partial charge in [-0.2, -0.15) is 0 Å². The van der Waals surface area contributed by atoms with Crippen molar-refractivity contribution in [1.29, 1.82) is 0 Å². The number of hydrogen-bond donors (Lipinski definition) is 1. The summed E-state index contributed by atoms with van der Waals surface area (Å²) in [4.78, 5) is 20.4. The number of nitrogens with one attached hydrogen (secondary N) is 1. The molecule has 0 saturated carbocycles. The predicted molar refractivity (Wildman–Crippen MR) is 107 cm³/mol. The lowest BCUT2D eigenvalue weighted by Gasteiger charge is -2.44. The van der Waals surface area contributed by atoms with Gasteiger partial charge in [-0.25, -0.2) is 9.37 Å². The summed E-state index contributed by atoms with van der Waals surface area (Å²) < 4.78 is 14.0. The minimum absolute atomic E-state index is 0.0828. The van der Waals surface area contributed by atoms with Gasteiger partial charge in [0.05, 0.1) is 5.69 Å². The van der Waals surface area contributed by atoms with Gasteiger partial charge in [-0.15, -0.1) is 11.3 Å². The van der Waals surface area contributed by atoms with Gasteiger partial charge in [0.2, 0.25) is 0 Å². The van der Waals surface area contributed by atoms with Crippen molar-refractivity contribution >= 4 is 17.2 Å². The maximum Gasteiger partial charge on any atom is 0.263 e. The molecule has 1 aromatic heterocycles. The summed E-state index contributed by atoms with van der Waals surface area (Å²) in [6.45, 7) is 4.94. The highest BCUT2D eigenvalue weighted by Crippen LogP contribution is 2.32. The van der Waals surface area contributed by atoms with Crippen LogP contribution in [0.1, 0.15) is 47.5 Å². The van der Waals surface area contributed by atoms with E-state index in [1.807, 2.05) is 6.92 Å². The van der Waals surface area contributed by atoms with Gasteiger partial charge in [-0.05, 0) is 63.7 Å². The first-order chi connectivity index (χ1) is 13.1. The van der Waals surface area contributed by atoms with Crippen molar-refractivity contribution < 1.29 is 9.18 Å². The zero-order valence-electron chi connectivity index (χ0n) is 15.7. The van der Waals surface area contributed by atoms with E-state index < -0.39 is 0 Å². The topological polar surface area (TPSA) is 45.2 Å². The number of nitrogens with zero attached hydrogens (tertiary/aromatic N) is 2. The van der Waals surface area contributed by atoms with E-state index in [9.17, 15) is 9.18 Å². The minimum Gasteiger partial charge on any atom is -0.351 e. The van der Waals surface area contributed by atoms with Crippen LogP contribution >= 0.6 is 11.3 Å². The summed E-state index contributed by atoms with van der Waals surface area (Å²) in [5.41, 5.74) is 1.12. The van der Waals surface area contributed by atoms with Crippen LogP contribution in [0.5, 0.6) is 0 Å². The van der Waals surface area contributed by atoms with Gasteiger partial charge in [0.25, 0.3) is 5.91 Å². The molecular weight excluding hydrogens is 361 g/mol. The Labute approximate surface area is 163 Å². The van der Waals surface area contributed by atoms with E-state index in [4.69, 9.17) is 0 Å². The third-order valence-electron chi connectivity index (χ3n) is 5.86. The quantitative estimate of drug-likeness (QED) is 0.853. The maximum absolute atomic E-state index is 14.0. The van der Waals surface area contributed by atoms with Crippen LogP contribution in [0, 0.1) is 18.7 Å². The largest absolute Gasteiger partial charge is 0.351 e. The van der Waals surface area contributed by atoms with E-state index in [0.717, 1.165) is 0 Å². The number of carbonyl (C=O) groups is 1. The minimum atomic E-state index is -0.308. The van der Waals surface area contributed by atoms with Crippen molar-refractivity contribution in [1.82, 2.24) is 15.2 Å². The van der Waals surface area contributed by atoms with Crippen molar-refractivity contribution in [2.24, 2.45) is 5.92 Å². The Morgan fingerprint density at radius 1 is 1.26 bits per heavy atom. The van der Waals surface area contributed by atoms with Crippen LogP contribution in [-0.2, 0) is 0 Å². The molecule has 1 amide bonds. The van der Waals surface area contributed by atoms with E-state index in [1.54, 1.807) is 18.2 Å². The predicted octanol–water partition coefficient (Wildman–Crippen LogP) is 4.25. The number of halogens is 1. The molecule has 2 saturated heterocycles. The van der Waals surface area contributed by atoms with Crippen molar-refractivity contribution in [3.8, 4) is 10.6 Å². The lowest BCUT2D eigenvalue weighted by Crippen LogP contribution is -2.50. The number of aryl methyl sites for hydroxylation is 1. The summed E-state index contributed by atoms with van der Waals surface area (Å²) >= 11 is 1.27. The van der Waals surface area contributed by atoms with Crippen LogP contribution in [-0.4, -0.2) is 41.5 Å². The summed E-state index contributed by atoms with van der Waals surface area (Å²) in [6.07, 6.45) is 6.25. The Morgan fingerprint density at radius 3 is 2.93 bits per heavy atom. The number of aromatic nitrogens is 1. The summed E-state index contributed by atoms with van der Waals surface area (Å²) in [5.74, 6) is 0.139. The number of piperidine rings is 2. The summed E-state index contributed by atoms with van der Waals surface area (Å²) in [5, 5.41) is 3.69. The first-order valence-corrected chi connectivity index (χ1v) is 10.7. The lowest BCUT2D eigenvalue weighted by atomic mass is 9.83. The second-order valence-corrected chi connectivity index (χ2v) is 8.62. The Hall–Kier alpha value is -1.79. The molecule has 1 N–H and O–H groups in total. The molecule has 6 heteroatoms. The van der Waals surface area contributed by atoms with E-state index in [2.05, 4.69) is 15.2 Å². The molecule has 0 bridgehead atoms. The second-order valence-electron chi connectivity index (χ2n) is 7.62. The normalized spacial score (nSPS) is 23.0. The van der Waals surface area contributed by atoms with Crippen LogP contribution in [0.2, 0.25) is 0 Å². The van der Waals surface area contributed by atoms with Crippen LogP contribution in [0.25, 0.3) is 10.6 Å². The van der Waals surface area contributed by atoms with Gasteiger partial charge in [0, 0.05) is 18.2 Å². The van der Waals surface area contributed by atoms with Gasteiger partial charge in [-0.3, -0.25) is 4.79 Å². The number of fused-ring (bicyclic) bond motifs is 1. The molecule has 0 aliphatic carbocycles. The van der Waals surface area contributed by atoms with Crippen molar-refractivity contribution in [2.45, 2.75) is 45.1 Å². The smallest absolute Gasteiger partial charge is 0.263 e. The fraction of sp³-hybridized carbons (Fsp3) is 0.524. The third kappa shape index (κ3) is 3.92. The number of thiazole rings is 1. The molecule has 144 valence electrons. The molecule has 3 heterocycles. The molecule has 2 fully saturated rings. The molecule has 0 radical (unpaired) electrons. The number of rotatable bonds is 4. The molecule has 2 atom stereocenters. The average Bonchev–Trinajstić information content (AvgIpc) is 3.08. The van der Waals surface area contributed by atoms with E-state index in [-0.39, 0.29) is 11.7 Å². The SMILES string of the molecule is Cc1nc(-c2ccccc2F)sc1C(=O)NCC1CCCN2CCCCC12. The molecule has 1 aromatic carbocycles. The fourth-order valence-electron chi connectivity index (χ4n) is 4.48. The number of benzene rings is 1. The third-order valence-corrected chi connectivity index (χ3v) is 7.05. The zero-order valence-corrected chi connectivity index (χ0v) is 16.5. The Bertz CT molecular complexity index is 820. The molecule has 27 heavy (non-hydrogen) atoms. The Kier molecular flexibility index (Phi) is 5.55.